The summed E-state index contributed by atoms with van der Waals surface area (Å²) in [7, 11) is 0. The summed E-state index contributed by atoms with van der Waals surface area (Å²) in [6.45, 7) is 0.695. The predicted octanol–water partition coefficient (Wildman–Crippen LogP) is 1.87. The highest BCUT2D eigenvalue weighted by Gasteiger charge is 2.52. The lowest BCUT2D eigenvalue weighted by atomic mass is 9.53. The Hall–Kier alpha value is -0.930. The zero-order valence-electron chi connectivity index (χ0n) is 9.43. The topological polar surface area (TPSA) is 48.1 Å². The van der Waals surface area contributed by atoms with E-state index in [0.717, 1.165) is 5.56 Å². The van der Waals surface area contributed by atoms with Crippen LogP contribution in [0.15, 0.2) is 24.5 Å². The summed E-state index contributed by atoms with van der Waals surface area (Å²) in [6.07, 6.45) is 8.94. The van der Waals surface area contributed by atoms with Crippen LogP contribution in [0.1, 0.15) is 31.2 Å². The zero-order valence-corrected chi connectivity index (χ0v) is 9.43. The van der Waals surface area contributed by atoms with Crippen LogP contribution in [0.3, 0.4) is 0 Å². The first kappa shape index (κ1) is 10.2. The molecule has 1 aromatic rings. The lowest BCUT2D eigenvalue weighted by Crippen LogP contribution is -2.55. The van der Waals surface area contributed by atoms with Crippen LogP contribution < -0.4 is 5.73 Å². The van der Waals surface area contributed by atoms with Gasteiger partial charge in [0.25, 0.3) is 0 Å². The number of aromatic nitrogens is 1. The number of nitrogens with two attached hydrogens (primary N) is 1. The molecule has 2 fully saturated rings. The molecular weight excluding hydrogens is 200 g/mol. The summed E-state index contributed by atoms with van der Waals surface area (Å²) >= 11 is 0. The first-order valence-corrected chi connectivity index (χ1v) is 6.02. The van der Waals surface area contributed by atoms with Gasteiger partial charge in [-0.2, -0.15) is 0 Å². The number of nitrogens with zero attached hydrogens (tertiary/aromatic N) is 1. The molecule has 0 amide bonds. The zero-order chi connectivity index (χ0) is 11.0. The van der Waals surface area contributed by atoms with Gasteiger partial charge >= 0.3 is 0 Å². The van der Waals surface area contributed by atoms with E-state index in [9.17, 15) is 0 Å². The third kappa shape index (κ3) is 1.85. The van der Waals surface area contributed by atoms with Crippen molar-refractivity contribution in [2.45, 2.75) is 44.4 Å². The van der Waals surface area contributed by atoms with Crippen molar-refractivity contribution >= 4 is 0 Å². The third-order valence-electron chi connectivity index (χ3n) is 3.92. The third-order valence-corrected chi connectivity index (χ3v) is 3.92. The Morgan fingerprint density at radius 3 is 2.81 bits per heavy atom. The van der Waals surface area contributed by atoms with Crippen LogP contribution in [0.4, 0.5) is 0 Å². The standard InChI is InChI=1S/C13H18N2O/c14-11-4-13(5-11)6-12(7-13)16-9-10-2-1-3-15-8-10/h1-3,8,11-12H,4-7,9,14H2. The van der Waals surface area contributed by atoms with E-state index in [1.165, 1.54) is 25.7 Å². The molecule has 1 heterocycles. The van der Waals surface area contributed by atoms with Crippen LogP contribution in [0.5, 0.6) is 0 Å². The van der Waals surface area contributed by atoms with Crippen molar-refractivity contribution in [2.75, 3.05) is 0 Å². The van der Waals surface area contributed by atoms with Crippen molar-refractivity contribution in [1.82, 2.24) is 4.98 Å². The van der Waals surface area contributed by atoms with Crippen molar-refractivity contribution in [3.05, 3.63) is 30.1 Å². The summed E-state index contributed by atoms with van der Waals surface area (Å²) in [6, 6.07) is 4.46. The Morgan fingerprint density at radius 2 is 2.19 bits per heavy atom. The van der Waals surface area contributed by atoms with Gasteiger partial charge in [0.05, 0.1) is 12.7 Å². The summed E-state index contributed by atoms with van der Waals surface area (Å²) in [4.78, 5) is 4.08. The minimum atomic E-state index is 0.452. The normalized spacial score (nSPS) is 36.8. The maximum Gasteiger partial charge on any atom is 0.0735 e. The van der Waals surface area contributed by atoms with Crippen molar-refractivity contribution in [1.29, 1.82) is 0 Å². The van der Waals surface area contributed by atoms with E-state index in [1.807, 2.05) is 12.3 Å². The van der Waals surface area contributed by atoms with Crippen molar-refractivity contribution in [2.24, 2.45) is 11.1 Å². The van der Waals surface area contributed by atoms with Crippen LogP contribution in [0.2, 0.25) is 0 Å². The van der Waals surface area contributed by atoms with E-state index < -0.39 is 0 Å². The van der Waals surface area contributed by atoms with Crippen LogP contribution in [-0.4, -0.2) is 17.1 Å². The van der Waals surface area contributed by atoms with E-state index in [4.69, 9.17) is 10.5 Å². The Balaban J connectivity index is 1.42. The highest BCUT2D eigenvalue weighted by molar-refractivity contribution is 5.08. The van der Waals surface area contributed by atoms with Crippen LogP contribution in [-0.2, 0) is 11.3 Å². The van der Waals surface area contributed by atoms with Gasteiger partial charge in [0.1, 0.15) is 0 Å². The molecule has 1 aromatic heterocycles. The molecule has 3 heteroatoms. The Bertz CT molecular complexity index is 351. The van der Waals surface area contributed by atoms with Gasteiger partial charge in [0.2, 0.25) is 0 Å². The van der Waals surface area contributed by atoms with Gasteiger partial charge < -0.3 is 10.5 Å². The fraction of sp³-hybridized carbons (Fsp3) is 0.615. The lowest BCUT2D eigenvalue weighted by molar-refractivity contribution is -0.129. The second kappa shape index (κ2) is 3.82. The molecule has 86 valence electrons. The fourth-order valence-corrected chi connectivity index (χ4v) is 3.11. The van der Waals surface area contributed by atoms with Gasteiger partial charge in [-0.25, -0.2) is 0 Å². The van der Waals surface area contributed by atoms with Crippen molar-refractivity contribution in [3.63, 3.8) is 0 Å². The molecule has 0 bridgehead atoms. The highest BCUT2D eigenvalue weighted by Crippen LogP contribution is 2.56. The summed E-state index contributed by atoms with van der Waals surface area (Å²) in [5.41, 5.74) is 7.55. The SMILES string of the molecule is NC1CC2(C1)CC(OCc1cccnc1)C2. The molecule has 0 aliphatic heterocycles. The van der Waals surface area contributed by atoms with Gasteiger partial charge in [0, 0.05) is 18.4 Å². The minimum absolute atomic E-state index is 0.452. The smallest absolute Gasteiger partial charge is 0.0735 e. The molecule has 0 radical (unpaired) electrons. The summed E-state index contributed by atoms with van der Waals surface area (Å²) < 4.78 is 5.85. The van der Waals surface area contributed by atoms with E-state index in [0.29, 0.717) is 24.2 Å². The van der Waals surface area contributed by atoms with Gasteiger partial charge in [-0.1, -0.05) is 6.07 Å². The Morgan fingerprint density at radius 1 is 1.38 bits per heavy atom. The molecule has 3 nitrogen and oxygen atoms in total. The molecule has 2 saturated carbocycles. The fourth-order valence-electron chi connectivity index (χ4n) is 3.11. The second-order valence-electron chi connectivity index (χ2n) is 5.37. The average Bonchev–Trinajstić information content (AvgIpc) is 2.21. The first-order valence-electron chi connectivity index (χ1n) is 6.02. The van der Waals surface area contributed by atoms with Crippen LogP contribution >= 0.6 is 0 Å². The van der Waals surface area contributed by atoms with Gasteiger partial charge in [-0.3, -0.25) is 4.98 Å². The molecule has 0 unspecified atom stereocenters. The lowest BCUT2D eigenvalue weighted by Gasteiger charge is -2.56. The number of rotatable bonds is 3. The van der Waals surface area contributed by atoms with Gasteiger partial charge in [-0.05, 0) is 42.7 Å². The predicted molar refractivity (Wildman–Crippen MR) is 61.7 cm³/mol. The summed E-state index contributed by atoms with van der Waals surface area (Å²) in [5, 5.41) is 0. The number of hydrogen-bond acceptors (Lipinski definition) is 3. The van der Waals surface area contributed by atoms with E-state index in [-0.39, 0.29) is 0 Å². The van der Waals surface area contributed by atoms with Crippen molar-refractivity contribution in [3.8, 4) is 0 Å². The van der Waals surface area contributed by atoms with Gasteiger partial charge in [-0.15, -0.1) is 0 Å². The minimum Gasteiger partial charge on any atom is -0.373 e. The molecule has 1 spiro atoms. The molecule has 2 aliphatic carbocycles. The van der Waals surface area contributed by atoms with E-state index >= 15 is 0 Å². The highest BCUT2D eigenvalue weighted by atomic mass is 16.5. The average molecular weight is 218 g/mol. The summed E-state index contributed by atoms with van der Waals surface area (Å²) in [5.74, 6) is 0. The van der Waals surface area contributed by atoms with Gasteiger partial charge in [0.15, 0.2) is 0 Å². The van der Waals surface area contributed by atoms with E-state index in [1.54, 1.807) is 6.20 Å². The second-order valence-corrected chi connectivity index (χ2v) is 5.37. The first-order chi connectivity index (χ1) is 7.76. The van der Waals surface area contributed by atoms with Crippen LogP contribution in [0.25, 0.3) is 0 Å². The molecule has 3 rings (SSSR count). The van der Waals surface area contributed by atoms with Crippen molar-refractivity contribution < 1.29 is 4.74 Å². The monoisotopic (exact) mass is 218 g/mol. The molecule has 2 N–H and O–H groups in total. The molecule has 0 aromatic carbocycles. The quantitative estimate of drug-likeness (QED) is 0.842. The molecule has 0 saturated heterocycles. The van der Waals surface area contributed by atoms with E-state index in [2.05, 4.69) is 11.1 Å². The number of hydrogen-bond donors (Lipinski definition) is 1. The Labute approximate surface area is 96.0 Å². The number of ether oxygens (including phenoxy) is 1. The molecule has 16 heavy (non-hydrogen) atoms. The molecule has 0 atom stereocenters. The maximum atomic E-state index is 5.85. The largest absolute Gasteiger partial charge is 0.373 e. The van der Waals surface area contributed by atoms with Crippen LogP contribution in [0, 0.1) is 5.41 Å². The number of pyridine rings is 1. The Kier molecular flexibility index (Phi) is 2.45. The maximum absolute atomic E-state index is 5.85. The molecule has 2 aliphatic rings. The molecular formula is C13H18N2O.